The largest absolute Gasteiger partial charge is 0.321 e. The molecule has 2 aromatic carbocycles. The van der Waals surface area contributed by atoms with Gasteiger partial charge in [0.2, 0.25) is 0 Å². The molecule has 152 valence electrons. The maximum Gasteiger partial charge on any atom is 0.273 e. The van der Waals surface area contributed by atoms with Gasteiger partial charge in [-0.05, 0) is 54.6 Å². The van der Waals surface area contributed by atoms with E-state index in [1.54, 1.807) is 25.2 Å². The maximum atomic E-state index is 13.2. The second kappa shape index (κ2) is 7.53. The Bertz CT molecular complexity index is 1370. The molecule has 0 bridgehead atoms. The van der Waals surface area contributed by atoms with Gasteiger partial charge in [-0.1, -0.05) is 18.2 Å². The van der Waals surface area contributed by atoms with Gasteiger partial charge >= 0.3 is 0 Å². The van der Waals surface area contributed by atoms with Crippen LogP contribution in [0.25, 0.3) is 28.2 Å². The van der Waals surface area contributed by atoms with Crippen molar-refractivity contribution in [1.29, 1.82) is 0 Å². The summed E-state index contributed by atoms with van der Waals surface area (Å²) < 4.78 is 16.6. The lowest BCUT2D eigenvalue weighted by Crippen LogP contribution is -2.16. The number of carbonyl (C=O) groups excluding carboxylic acids is 1. The number of benzene rings is 2. The number of fused-ring (bicyclic) bond motifs is 1. The summed E-state index contributed by atoms with van der Waals surface area (Å²) in [5.41, 5.74) is 4.98. The lowest BCUT2D eigenvalue weighted by Gasteiger charge is -2.06. The first kappa shape index (κ1) is 18.7. The zero-order valence-corrected chi connectivity index (χ0v) is 16.7. The zero-order chi connectivity index (χ0) is 21.4. The number of imidazole rings is 1. The van der Waals surface area contributed by atoms with Crippen LogP contribution in [0.3, 0.4) is 0 Å². The number of hydrogen-bond acceptors (Lipinski definition) is 3. The molecule has 0 aliphatic rings. The van der Waals surface area contributed by atoms with Crippen molar-refractivity contribution >= 4 is 17.2 Å². The van der Waals surface area contributed by atoms with Crippen molar-refractivity contribution in [3.05, 3.63) is 96.7 Å². The minimum Gasteiger partial charge on any atom is -0.321 e. The van der Waals surface area contributed by atoms with E-state index in [2.05, 4.69) is 15.4 Å². The van der Waals surface area contributed by atoms with Crippen LogP contribution in [0, 0.1) is 5.82 Å². The van der Waals surface area contributed by atoms with E-state index in [4.69, 9.17) is 0 Å². The Kier molecular flexibility index (Phi) is 4.55. The molecule has 0 saturated carbocycles. The number of pyridine rings is 1. The number of anilines is 1. The number of halogens is 1. The van der Waals surface area contributed by atoms with Crippen LogP contribution < -0.4 is 5.32 Å². The van der Waals surface area contributed by atoms with Crippen LogP contribution in [0.1, 0.15) is 10.5 Å². The Hall–Kier alpha value is -4.26. The summed E-state index contributed by atoms with van der Waals surface area (Å²) >= 11 is 0. The molecule has 7 heteroatoms. The molecule has 3 aromatic heterocycles. The molecule has 1 N–H and O–H groups in total. The van der Waals surface area contributed by atoms with Gasteiger partial charge in [-0.2, -0.15) is 5.10 Å². The molecule has 0 atom stereocenters. The smallest absolute Gasteiger partial charge is 0.273 e. The Morgan fingerprint density at radius 3 is 2.58 bits per heavy atom. The van der Waals surface area contributed by atoms with E-state index in [9.17, 15) is 9.18 Å². The normalized spacial score (nSPS) is 11.0. The number of amides is 1. The topological polar surface area (TPSA) is 64.2 Å². The van der Waals surface area contributed by atoms with Gasteiger partial charge in [0.1, 0.15) is 17.2 Å². The van der Waals surface area contributed by atoms with Crippen molar-refractivity contribution in [3.8, 4) is 22.5 Å². The molecule has 0 aliphatic heterocycles. The highest BCUT2D eigenvalue weighted by molar-refractivity contribution is 6.04. The fourth-order valence-corrected chi connectivity index (χ4v) is 3.47. The second-order valence-corrected chi connectivity index (χ2v) is 7.17. The van der Waals surface area contributed by atoms with E-state index in [1.807, 2.05) is 59.3 Å². The molecule has 0 spiro atoms. The van der Waals surface area contributed by atoms with Crippen molar-refractivity contribution < 1.29 is 9.18 Å². The summed E-state index contributed by atoms with van der Waals surface area (Å²) in [5, 5.41) is 7.31. The fourth-order valence-electron chi connectivity index (χ4n) is 3.47. The lowest BCUT2D eigenvalue weighted by molar-refractivity contribution is 0.101. The minimum atomic E-state index is -0.317. The molecule has 0 saturated heterocycles. The Balaban J connectivity index is 1.39. The molecule has 5 aromatic rings. The number of rotatable bonds is 4. The first-order chi connectivity index (χ1) is 15.1. The van der Waals surface area contributed by atoms with Crippen molar-refractivity contribution in [3.63, 3.8) is 0 Å². The van der Waals surface area contributed by atoms with Gasteiger partial charge in [-0.15, -0.1) is 0 Å². The third-order valence-corrected chi connectivity index (χ3v) is 5.03. The Labute approximate surface area is 177 Å². The van der Waals surface area contributed by atoms with Crippen LogP contribution >= 0.6 is 0 Å². The first-order valence-electron chi connectivity index (χ1n) is 9.72. The molecule has 31 heavy (non-hydrogen) atoms. The molecule has 1 amide bonds. The molecule has 0 fully saturated rings. The van der Waals surface area contributed by atoms with E-state index >= 15 is 0 Å². The number of carbonyl (C=O) groups is 1. The highest BCUT2D eigenvalue weighted by atomic mass is 19.1. The van der Waals surface area contributed by atoms with Crippen molar-refractivity contribution in [2.75, 3.05) is 5.32 Å². The highest BCUT2D eigenvalue weighted by Gasteiger charge is 2.15. The maximum absolute atomic E-state index is 13.2. The lowest BCUT2D eigenvalue weighted by atomic mass is 10.1. The van der Waals surface area contributed by atoms with Gasteiger partial charge in [0.05, 0.1) is 11.4 Å². The monoisotopic (exact) mass is 411 g/mol. The number of aromatic nitrogens is 4. The van der Waals surface area contributed by atoms with Gasteiger partial charge in [0.15, 0.2) is 0 Å². The molecular formula is C24H18FN5O. The third kappa shape index (κ3) is 3.69. The van der Waals surface area contributed by atoms with Crippen LogP contribution in [0.5, 0.6) is 0 Å². The van der Waals surface area contributed by atoms with E-state index in [-0.39, 0.29) is 11.7 Å². The van der Waals surface area contributed by atoms with Gasteiger partial charge < -0.3 is 9.72 Å². The van der Waals surface area contributed by atoms with Crippen molar-refractivity contribution in [1.82, 2.24) is 19.2 Å². The van der Waals surface area contributed by atoms with Crippen LogP contribution in [0.15, 0.2) is 85.2 Å². The highest BCUT2D eigenvalue weighted by Crippen LogP contribution is 2.24. The third-order valence-electron chi connectivity index (χ3n) is 5.03. The van der Waals surface area contributed by atoms with Crippen molar-refractivity contribution in [2.45, 2.75) is 0 Å². The Morgan fingerprint density at radius 1 is 0.935 bits per heavy atom. The number of nitrogens with one attached hydrogen (secondary N) is 1. The van der Waals surface area contributed by atoms with Gasteiger partial charge in [-0.3, -0.25) is 9.48 Å². The van der Waals surface area contributed by atoms with E-state index in [0.717, 1.165) is 22.5 Å². The Morgan fingerprint density at radius 2 is 1.77 bits per heavy atom. The van der Waals surface area contributed by atoms with Gasteiger partial charge in [0.25, 0.3) is 5.91 Å². The predicted molar refractivity (Wildman–Crippen MR) is 117 cm³/mol. The molecule has 6 nitrogen and oxygen atoms in total. The molecule has 0 unspecified atom stereocenters. The van der Waals surface area contributed by atoms with Crippen molar-refractivity contribution in [2.24, 2.45) is 7.05 Å². The molecule has 0 aliphatic carbocycles. The fraction of sp³-hybridized carbons (Fsp3) is 0.0417. The number of aryl methyl sites for hydroxylation is 1. The predicted octanol–water partition coefficient (Wildman–Crippen LogP) is 4.79. The van der Waals surface area contributed by atoms with Crippen LogP contribution in [0.4, 0.5) is 10.1 Å². The SMILES string of the molecule is Cn1nc(-c2ccc(F)cc2)cc1C(=O)Nc1cccc(-c2cn3ccccc3n2)c1. The minimum absolute atomic E-state index is 0.282. The summed E-state index contributed by atoms with van der Waals surface area (Å²) in [4.78, 5) is 17.5. The molecule has 0 radical (unpaired) electrons. The average molecular weight is 411 g/mol. The van der Waals surface area contributed by atoms with Crippen LogP contribution in [0.2, 0.25) is 0 Å². The summed E-state index contributed by atoms with van der Waals surface area (Å²) in [5.74, 6) is -0.598. The summed E-state index contributed by atoms with van der Waals surface area (Å²) in [6, 6.07) is 21.1. The summed E-state index contributed by atoms with van der Waals surface area (Å²) in [6.45, 7) is 0. The number of hydrogen-bond donors (Lipinski definition) is 1. The van der Waals surface area contributed by atoms with Crippen LogP contribution in [-0.2, 0) is 7.05 Å². The van der Waals surface area contributed by atoms with E-state index < -0.39 is 0 Å². The zero-order valence-electron chi connectivity index (χ0n) is 16.7. The standard InChI is InChI=1S/C24H18FN5O/c1-29-22(14-20(28-29)16-8-10-18(25)11-9-16)24(31)26-19-6-4-5-17(13-19)21-15-30-12-3-2-7-23(30)27-21/h2-15H,1H3,(H,26,31). The van der Waals surface area contributed by atoms with E-state index in [1.165, 1.54) is 16.8 Å². The first-order valence-corrected chi connectivity index (χ1v) is 9.72. The number of nitrogens with zero attached hydrogens (tertiary/aromatic N) is 4. The van der Waals surface area contributed by atoms with Crippen LogP contribution in [-0.4, -0.2) is 25.1 Å². The summed E-state index contributed by atoms with van der Waals surface area (Å²) in [7, 11) is 1.70. The second-order valence-electron chi connectivity index (χ2n) is 7.17. The summed E-state index contributed by atoms with van der Waals surface area (Å²) in [6.07, 6.45) is 3.89. The van der Waals surface area contributed by atoms with Gasteiger partial charge in [0, 0.05) is 36.3 Å². The average Bonchev–Trinajstić information content (AvgIpc) is 3.38. The van der Waals surface area contributed by atoms with E-state index in [0.29, 0.717) is 17.1 Å². The molecular weight excluding hydrogens is 393 g/mol. The molecule has 5 rings (SSSR count). The van der Waals surface area contributed by atoms with Gasteiger partial charge in [-0.25, -0.2) is 9.37 Å². The molecule has 3 heterocycles. The quantitative estimate of drug-likeness (QED) is 0.462.